The fourth-order valence-electron chi connectivity index (χ4n) is 1.63. The monoisotopic (exact) mass is 294 g/mol. The highest BCUT2D eigenvalue weighted by Crippen LogP contribution is 2.24. The maximum absolute atomic E-state index is 13.7. The maximum Gasteiger partial charge on any atom is 0.135 e. The van der Waals surface area contributed by atoms with Gasteiger partial charge in [-0.2, -0.15) is 0 Å². The first-order chi connectivity index (χ1) is 8.97. The number of thiocarbonyl (C=S) groups is 1. The van der Waals surface area contributed by atoms with E-state index in [0.717, 1.165) is 11.3 Å². The van der Waals surface area contributed by atoms with Crippen LogP contribution >= 0.6 is 23.8 Å². The molecule has 0 aromatic heterocycles. The lowest BCUT2D eigenvalue weighted by molar-refractivity contribution is 0.626. The lowest BCUT2D eigenvalue weighted by Gasteiger charge is -2.09. The van der Waals surface area contributed by atoms with E-state index in [0.29, 0.717) is 10.7 Å². The van der Waals surface area contributed by atoms with E-state index in [1.807, 2.05) is 19.1 Å². The zero-order valence-electron chi connectivity index (χ0n) is 10.2. The van der Waals surface area contributed by atoms with E-state index in [9.17, 15) is 4.39 Å². The molecule has 2 nitrogen and oxygen atoms in total. The molecule has 0 aliphatic rings. The van der Waals surface area contributed by atoms with Crippen molar-refractivity contribution in [1.29, 1.82) is 0 Å². The molecule has 0 saturated carbocycles. The highest BCUT2D eigenvalue weighted by Gasteiger charge is 2.06. The molecule has 0 unspecified atom stereocenters. The van der Waals surface area contributed by atoms with Gasteiger partial charge in [-0.15, -0.1) is 0 Å². The first-order valence-electron chi connectivity index (χ1n) is 5.60. The average molecular weight is 295 g/mol. The number of benzene rings is 2. The number of anilines is 2. The highest BCUT2D eigenvalue weighted by molar-refractivity contribution is 7.80. The normalized spacial score (nSPS) is 10.3. The smallest absolute Gasteiger partial charge is 0.135 e. The van der Waals surface area contributed by atoms with Crippen LogP contribution in [0.1, 0.15) is 11.1 Å². The molecule has 2 rings (SSSR count). The van der Waals surface area contributed by atoms with Crippen LogP contribution in [0, 0.1) is 12.7 Å². The quantitative estimate of drug-likeness (QED) is 0.835. The number of aryl methyl sites for hydroxylation is 1. The molecular weight excluding hydrogens is 283 g/mol. The first kappa shape index (κ1) is 13.8. The second-order valence-corrected chi connectivity index (χ2v) is 4.99. The summed E-state index contributed by atoms with van der Waals surface area (Å²) in [7, 11) is 0. The van der Waals surface area contributed by atoms with E-state index < -0.39 is 5.82 Å². The van der Waals surface area contributed by atoms with Crippen molar-refractivity contribution in [3.8, 4) is 0 Å². The summed E-state index contributed by atoms with van der Waals surface area (Å²) >= 11 is 10.8. The Balaban J connectivity index is 2.26. The van der Waals surface area contributed by atoms with E-state index >= 15 is 0 Å². The van der Waals surface area contributed by atoms with Gasteiger partial charge in [0.1, 0.15) is 10.8 Å². The standard InChI is InChI=1S/C14H12ClFN2S/c1-8-2-3-9(6-12(8)15)18-10-4-5-11(14(17)19)13(16)7-10/h2-7,18H,1H3,(H2,17,19). The molecule has 0 amide bonds. The molecule has 0 fully saturated rings. The first-order valence-corrected chi connectivity index (χ1v) is 6.38. The minimum atomic E-state index is -0.448. The second kappa shape index (κ2) is 5.55. The summed E-state index contributed by atoms with van der Waals surface area (Å²) in [6.07, 6.45) is 0. The van der Waals surface area contributed by atoms with Crippen LogP contribution in [0.3, 0.4) is 0 Å². The summed E-state index contributed by atoms with van der Waals surface area (Å²) < 4.78 is 13.7. The van der Waals surface area contributed by atoms with Gasteiger partial charge in [0.2, 0.25) is 0 Å². The molecule has 0 bridgehead atoms. The molecule has 0 aliphatic heterocycles. The zero-order valence-corrected chi connectivity index (χ0v) is 11.8. The number of rotatable bonds is 3. The van der Waals surface area contributed by atoms with Crippen LogP contribution in [0.5, 0.6) is 0 Å². The second-order valence-electron chi connectivity index (χ2n) is 4.15. The Morgan fingerprint density at radius 3 is 2.42 bits per heavy atom. The fraction of sp³-hybridized carbons (Fsp3) is 0.0714. The van der Waals surface area contributed by atoms with Crippen LogP contribution in [0.25, 0.3) is 0 Å². The SMILES string of the molecule is Cc1ccc(Nc2ccc(C(N)=S)c(F)c2)cc1Cl. The number of halogens is 2. The van der Waals surface area contributed by atoms with Crippen molar-refractivity contribution < 1.29 is 4.39 Å². The molecule has 0 aliphatic carbocycles. The molecule has 2 aromatic carbocycles. The van der Waals surface area contributed by atoms with Crippen molar-refractivity contribution in [2.45, 2.75) is 6.92 Å². The summed E-state index contributed by atoms with van der Waals surface area (Å²) in [5.74, 6) is -0.448. The van der Waals surface area contributed by atoms with Gasteiger partial charge in [0.25, 0.3) is 0 Å². The van der Waals surface area contributed by atoms with Gasteiger partial charge >= 0.3 is 0 Å². The maximum atomic E-state index is 13.7. The van der Waals surface area contributed by atoms with Crippen LogP contribution in [-0.4, -0.2) is 4.99 Å². The number of hydrogen-bond acceptors (Lipinski definition) is 2. The van der Waals surface area contributed by atoms with Gasteiger partial charge in [0.05, 0.1) is 0 Å². The molecule has 5 heteroatoms. The lowest BCUT2D eigenvalue weighted by Crippen LogP contribution is -2.11. The Kier molecular flexibility index (Phi) is 4.02. The third kappa shape index (κ3) is 3.22. The molecule has 0 radical (unpaired) electrons. The molecule has 2 aromatic rings. The van der Waals surface area contributed by atoms with Gasteiger partial charge in [0.15, 0.2) is 0 Å². The molecule has 0 saturated heterocycles. The van der Waals surface area contributed by atoms with Crippen molar-refractivity contribution in [1.82, 2.24) is 0 Å². The molecule has 0 atom stereocenters. The molecular formula is C14H12ClFN2S. The van der Waals surface area contributed by atoms with Gasteiger partial charge in [-0.25, -0.2) is 4.39 Å². The fourth-order valence-corrected chi connectivity index (χ4v) is 1.98. The minimum absolute atomic E-state index is 0.0439. The molecule has 0 spiro atoms. The van der Waals surface area contributed by atoms with E-state index in [1.165, 1.54) is 6.07 Å². The van der Waals surface area contributed by atoms with Gasteiger partial charge < -0.3 is 11.1 Å². The van der Waals surface area contributed by atoms with Gasteiger partial charge in [0, 0.05) is 22.0 Å². The highest BCUT2D eigenvalue weighted by atomic mass is 35.5. The summed E-state index contributed by atoms with van der Waals surface area (Å²) in [4.78, 5) is 0.0439. The van der Waals surface area contributed by atoms with Crippen molar-refractivity contribution in [3.05, 3.63) is 58.4 Å². The van der Waals surface area contributed by atoms with Crippen LogP contribution < -0.4 is 11.1 Å². The zero-order chi connectivity index (χ0) is 14.0. The van der Waals surface area contributed by atoms with Gasteiger partial charge in [-0.1, -0.05) is 29.9 Å². The third-order valence-corrected chi connectivity index (χ3v) is 3.32. The van der Waals surface area contributed by atoms with Crippen LogP contribution in [0.4, 0.5) is 15.8 Å². The van der Waals surface area contributed by atoms with E-state index in [2.05, 4.69) is 5.32 Å². The van der Waals surface area contributed by atoms with Crippen molar-refractivity contribution in [2.75, 3.05) is 5.32 Å². The Morgan fingerprint density at radius 2 is 1.84 bits per heavy atom. The largest absolute Gasteiger partial charge is 0.389 e. The van der Waals surface area contributed by atoms with Gasteiger partial charge in [-0.05, 0) is 42.8 Å². The minimum Gasteiger partial charge on any atom is -0.389 e. The summed E-state index contributed by atoms with van der Waals surface area (Å²) in [6, 6.07) is 10.2. The van der Waals surface area contributed by atoms with Crippen molar-refractivity contribution in [3.63, 3.8) is 0 Å². The summed E-state index contributed by atoms with van der Waals surface area (Å²) in [5.41, 5.74) is 8.03. The number of nitrogens with one attached hydrogen (secondary N) is 1. The van der Waals surface area contributed by atoms with Crippen LogP contribution in [0.15, 0.2) is 36.4 Å². The summed E-state index contributed by atoms with van der Waals surface area (Å²) in [6.45, 7) is 1.92. The summed E-state index contributed by atoms with van der Waals surface area (Å²) in [5, 5.41) is 3.73. The molecule has 3 N–H and O–H groups in total. The Hall–Kier alpha value is -1.65. The Morgan fingerprint density at radius 1 is 1.21 bits per heavy atom. The van der Waals surface area contributed by atoms with Crippen LogP contribution in [-0.2, 0) is 0 Å². The van der Waals surface area contributed by atoms with E-state index in [-0.39, 0.29) is 10.6 Å². The van der Waals surface area contributed by atoms with Crippen LogP contribution in [0.2, 0.25) is 5.02 Å². The predicted octanol–water partition coefficient (Wildman–Crippen LogP) is 4.17. The number of hydrogen-bond donors (Lipinski definition) is 2. The van der Waals surface area contributed by atoms with E-state index in [1.54, 1.807) is 18.2 Å². The lowest BCUT2D eigenvalue weighted by atomic mass is 10.1. The average Bonchev–Trinajstić information content (AvgIpc) is 2.33. The predicted molar refractivity (Wildman–Crippen MR) is 81.8 cm³/mol. The van der Waals surface area contributed by atoms with E-state index in [4.69, 9.17) is 29.6 Å². The van der Waals surface area contributed by atoms with Crippen molar-refractivity contribution in [2.24, 2.45) is 5.73 Å². The van der Waals surface area contributed by atoms with Gasteiger partial charge in [-0.3, -0.25) is 0 Å². The third-order valence-electron chi connectivity index (χ3n) is 2.70. The number of nitrogens with two attached hydrogens (primary N) is 1. The molecule has 98 valence electrons. The Bertz CT molecular complexity index is 643. The van der Waals surface area contributed by atoms with Crippen molar-refractivity contribution >= 4 is 40.2 Å². The molecule has 19 heavy (non-hydrogen) atoms. The molecule has 0 heterocycles. The Labute approximate surface area is 121 Å². The topological polar surface area (TPSA) is 38.0 Å².